The summed E-state index contributed by atoms with van der Waals surface area (Å²) in [7, 11) is 1.82. The number of benzene rings is 1. The molecule has 0 radical (unpaired) electrons. The van der Waals surface area contributed by atoms with Crippen molar-refractivity contribution in [2.75, 3.05) is 13.6 Å². The number of aromatic nitrogens is 1. The molecular formula is C19H24N2O2S. The predicted octanol–water partition coefficient (Wildman–Crippen LogP) is 4.16. The molecule has 24 heavy (non-hydrogen) atoms. The SMILES string of the molecule is Cc1nc(COc2ccc(/C=C/C(=O)N(C)CC(C)C)cc2)cs1. The Morgan fingerprint density at radius 1 is 1.33 bits per heavy atom. The first kappa shape index (κ1) is 18.2. The standard InChI is InChI=1S/C19H24N2O2S/c1-14(2)11-21(4)19(22)10-7-16-5-8-18(9-6-16)23-12-17-13-24-15(3)20-17/h5-10,13-14H,11-12H2,1-4H3/b10-7+. The van der Waals surface area contributed by atoms with E-state index in [4.69, 9.17) is 4.74 Å². The Labute approximate surface area is 147 Å². The van der Waals surface area contributed by atoms with E-state index in [1.807, 2.05) is 49.7 Å². The molecule has 4 nitrogen and oxygen atoms in total. The Morgan fingerprint density at radius 3 is 2.62 bits per heavy atom. The molecule has 1 amide bonds. The highest BCUT2D eigenvalue weighted by molar-refractivity contribution is 7.09. The second kappa shape index (κ2) is 8.64. The summed E-state index contributed by atoms with van der Waals surface area (Å²) in [6.45, 7) is 7.40. The molecular weight excluding hydrogens is 320 g/mol. The summed E-state index contributed by atoms with van der Waals surface area (Å²) in [6.07, 6.45) is 3.43. The minimum Gasteiger partial charge on any atom is -0.487 e. The number of nitrogens with zero attached hydrogens (tertiary/aromatic N) is 2. The second-order valence-corrected chi connectivity index (χ2v) is 7.22. The van der Waals surface area contributed by atoms with E-state index < -0.39 is 0 Å². The summed E-state index contributed by atoms with van der Waals surface area (Å²) in [4.78, 5) is 18.1. The van der Waals surface area contributed by atoms with Crippen molar-refractivity contribution in [2.45, 2.75) is 27.4 Å². The topological polar surface area (TPSA) is 42.4 Å². The highest BCUT2D eigenvalue weighted by atomic mass is 32.1. The molecule has 0 aliphatic heterocycles. The molecule has 0 bridgehead atoms. The molecule has 0 fully saturated rings. The number of aryl methyl sites for hydroxylation is 1. The van der Waals surface area contributed by atoms with Gasteiger partial charge in [-0.25, -0.2) is 4.98 Å². The Bertz CT molecular complexity index is 690. The lowest BCUT2D eigenvalue weighted by atomic mass is 10.2. The summed E-state index contributed by atoms with van der Waals surface area (Å²) in [5.74, 6) is 1.27. The van der Waals surface area contributed by atoms with Crippen LogP contribution in [0.15, 0.2) is 35.7 Å². The molecule has 0 aliphatic rings. The molecule has 0 saturated carbocycles. The molecule has 0 atom stereocenters. The Hall–Kier alpha value is -2.14. The van der Waals surface area contributed by atoms with Gasteiger partial charge < -0.3 is 9.64 Å². The van der Waals surface area contributed by atoms with Gasteiger partial charge in [-0.1, -0.05) is 26.0 Å². The van der Waals surface area contributed by atoms with Gasteiger partial charge >= 0.3 is 0 Å². The van der Waals surface area contributed by atoms with Crippen molar-refractivity contribution in [3.8, 4) is 5.75 Å². The average molecular weight is 344 g/mol. The van der Waals surface area contributed by atoms with Crippen LogP contribution in [0.3, 0.4) is 0 Å². The number of carbonyl (C=O) groups is 1. The zero-order valence-electron chi connectivity index (χ0n) is 14.7. The van der Waals surface area contributed by atoms with Gasteiger partial charge in [0.25, 0.3) is 0 Å². The maximum Gasteiger partial charge on any atom is 0.246 e. The molecule has 5 heteroatoms. The van der Waals surface area contributed by atoms with E-state index in [2.05, 4.69) is 18.8 Å². The van der Waals surface area contributed by atoms with E-state index in [0.717, 1.165) is 28.6 Å². The van der Waals surface area contributed by atoms with Crippen LogP contribution in [0.4, 0.5) is 0 Å². The fourth-order valence-corrected chi connectivity index (χ4v) is 2.84. The predicted molar refractivity (Wildman–Crippen MR) is 99.1 cm³/mol. The van der Waals surface area contributed by atoms with Gasteiger partial charge in [0, 0.05) is 25.0 Å². The van der Waals surface area contributed by atoms with Crippen molar-refractivity contribution in [1.82, 2.24) is 9.88 Å². The number of thiazole rings is 1. The summed E-state index contributed by atoms with van der Waals surface area (Å²) < 4.78 is 5.71. The quantitative estimate of drug-likeness (QED) is 0.708. The lowest BCUT2D eigenvalue weighted by Crippen LogP contribution is -2.28. The third kappa shape index (κ3) is 5.81. The number of ether oxygens (including phenoxy) is 1. The van der Waals surface area contributed by atoms with Gasteiger partial charge in [0.05, 0.1) is 10.7 Å². The normalized spacial score (nSPS) is 11.2. The van der Waals surface area contributed by atoms with Gasteiger partial charge in [-0.3, -0.25) is 4.79 Å². The number of amides is 1. The first-order chi connectivity index (χ1) is 11.4. The van der Waals surface area contributed by atoms with Crippen molar-refractivity contribution in [3.63, 3.8) is 0 Å². The van der Waals surface area contributed by atoms with Crippen molar-refractivity contribution in [1.29, 1.82) is 0 Å². The van der Waals surface area contributed by atoms with E-state index in [1.165, 1.54) is 0 Å². The van der Waals surface area contributed by atoms with Crippen LogP contribution >= 0.6 is 11.3 Å². The molecule has 1 aromatic heterocycles. The summed E-state index contributed by atoms with van der Waals surface area (Å²) >= 11 is 1.62. The monoisotopic (exact) mass is 344 g/mol. The number of hydrogen-bond donors (Lipinski definition) is 0. The zero-order chi connectivity index (χ0) is 17.5. The molecule has 2 aromatic rings. The fraction of sp³-hybridized carbons (Fsp3) is 0.368. The lowest BCUT2D eigenvalue weighted by molar-refractivity contribution is -0.125. The van der Waals surface area contributed by atoms with Gasteiger partial charge in [-0.15, -0.1) is 11.3 Å². The van der Waals surface area contributed by atoms with E-state index in [0.29, 0.717) is 12.5 Å². The largest absolute Gasteiger partial charge is 0.487 e. The second-order valence-electron chi connectivity index (χ2n) is 6.16. The zero-order valence-corrected chi connectivity index (χ0v) is 15.5. The fourth-order valence-electron chi connectivity index (χ4n) is 2.24. The number of rotatable bonds is 7. The molecule has 0 aliphatic carbocycles. The highest BCUT2D eigenvalue weighted by Gasteiger charge is 2.06. The van der Waals surface area contributed by atoms with Crippen LogP contribution in [0, 0.1) is 12.8 Å². The number of carbonyl (C=O) groups excluding carboxylic acids is 1. The molecule has 1 aromatic carbocycles. The molecule has 2 rings (SSSR count). The maximum absolute atomic E-state index is 12.0. The Morgan fingerprint density at radius 2 is 2.04 bits per heavy atom. The van der Waals surface area contributed by atoms with Crippen LogP contribution in [-0.2, 0) is 11.4 Å². The van der Waals surface area contributed by atoms with Crippen molar-refractivity contribution in [2.24, 2.45) is 5.92 Å². The van der Waals surface area contributed by atoms with Crippen molar-refractivity contribution in [3.05, 3.63) is 52.0 Å². The minimum atomic E-state index is 0.0166. The minimum absolute atomic E-state index is 0.0166. The van der Waals surface area contributed by atoms with E-state index >= 15 is 0 Å². The van der Waals surface area contributed by atoms with Crippen LogP contribution in [0.1, 0.15) is 30.1 Å². The van der Waals surface area contributed by atoms with Crippen LogP contribution in [0.25, 0.3) is 6.08 Å². The van der Waals surface area contributed by atoms with Crippen LogP contribution in [0.5, 0.6) is 5.75 Å². The molecule has 0 saturated heterocycles. The maximum atomic E-state index is 12.0. The van der Waals surface area contributed by atoms with E-state index in [-0.39, 0.29) is 5.91 Å². The van der Waals surface area contributed by atoms with Gasteiger partial charge in [-0.05, 0) is 36.6 Å². The summed E-state index contributed by atoms with van der Waals surface area (Å²) in [5.41, 5.74) is 1.92. The summed E-state index contributed by atoms with van der Waals surface area (Å²) in [5, 5.41) is 3.05. The van der Waals surface area contributed by atoms with E-state index in [1.54, 1.807) is 22.3 Å². The summed E-state index contributed by atoms with van der Waals surface area (Å²) in [6, 6.07) is 7.68. The molecule has 0 spiro atoms. The first-order valence-electron chi connectivity index (χ1n) is 8.01. The number of hydrogen-bond acceptors (Lipinski definition) is 4. The van der Waals surface area contributed by atoms with Gasteiger partial charge in [0.2, 0.25) is 5.91 Å². The number of likely N-dealkylation sites (N-methyl/N-ethyl adjacent to an activating group) is 1. The molecule has 0 unspecified atom stereocenters. The van der Waals surface area contributed by atoms with Crippen LogP contribution in [-0.4, -0.2) is 29.4 Å². The first-order valence-corrected chi connectivity index (χ1v) is 8.89. The lowest BCUT2D eigenvalue weighted by Gasteiger charge is -2.17. The molecule has 0 N–H and O–H groups in total. The smallest absolute Gasteiger partial charge is 0.246 e. The van der Waals surface area contributed by atoms with Crippen molar-refractivity contribution < 1.29 is 9.53 Å². The average Bonchev–Trinajstić information content (AvgIpc) is 2.96. The molecule has 128 valence electrons. The highest BCUT2D eigenvalue weighted by Crippen LogP contribution is 2.16. The van der Waals surface area contributed by atoms with Gasteiger partial charge in [-0.2, -0.15) is 0 Å². The third-order valence-electron chi connectivity index (χ3n) is 3.37. The van der Waals surface area contributed by atoms with Gasteiger partial charge in [0.15, 0.2) is 0 Å². The van der Waals surface area contributed by atoms with Gasteiger partial charge in [0.1, 0.15) is 12.4 Å². The van der Waals surface area contributed by atoms with Crippen LogP contribution in [0.2, 0.25) is 0 Å². The third-order valence-corrected chi connectivity index (χ3v) is 4.19. The van der Waals surface area contributed by atoms with Crippen molar-refractivity contribution >= 4 is 23.3 Å². The Kier molecular flexibility index (Phi) is 6.55. The Balaban J connectivity index is 1.87. The van der Waals surface area contributed by atoms with Crippen LogP contribution < -0.4 is 4.74 Å². The molecule has 1 heterocycles. The van der Waals surface area contributed by atoms with E-state index in [9.17, 15) is 4.79 Å².